The Balaban J connectivity index is 1.05. The van der Waals surface area contributed by atoms with Gasteiger partial charge in [0.1, 0.15) is 0 Å². The number of anilines is 3. The van der Waals surface area contributed by atoms with Crippen molar-refractivity contribution < 1.29 is 0 Å². The number of fused-ring (bicyclic) bond motifs is 7. The van der Waals surface area contributed by atoms with Crippen molar-refractivity contribution >= 4 is 27.8 Å². The highest BCUT2D eigenvalue weighted by Crippen LogP contribution is 2.53. The number of benzene rings is 9. The molecule has 0 N–H and O–H groups in total. The normalized spacial score (nSPS) is 14.0. The van der Waals surface area contributed by atoms with Crippen molar-refractivity contribution in [2.75, 3.05) is 4.90 Å². The Kier molecular flexibility index (Phi) is 7.94. The molecule has 0 atom stereocenters. The summed E-state index contributed by atoms with van der Waals surface area (Å²) >= 11 is 0. The van der Waals surface area contributed by atoms with Crippen LogP contribution in [0.5, 0.6) is 0 Å². The molecule has 9 aromatic carbocycles. The van der Waals surface area contributed by atoms with Crippen LogP contribution in [0.2, 0.25) is 0 Å². The van der Waals surface area contributed by atoms with Crippen molar-refractivity contribution in [2.24, 2.45) is 0 Å². The van der Waals surface area contributed by atoms with Gasteiger partial charge in [-0.05, 0) is 125 Å². The van der Waals surface area contributed by atoms with Gasteiger partial charge in [-0.25, -0.2) is 0 Å². The van der Waals surface area contributed by atoms with E-state index in [9.17, 15) is 0 Å². The molecule has 1 nitrogen and oxygen atoms in total. The number of hydrogen-bond donors (Lipinski definition) is 0. The predicted octanol–water partition coefficient (Wildman–Crippen LogP) is 15.9. The van der Waals surface area contributed by atoms with Gasteiger partial charge in [-0.15, -0.1) is 0 Å². The van der Waals surface area contributed by atoms with Gasteiger partial charge < -0.3 is 4.90 Å². The van der Waals surface area contributed by atoms with Crippen LogP contribution >= 0.6 is 0 Å². The second-order valence-electron chi connectivity index (χ2n) is 17.3. The lowest BCUT2D eigenvalue weighted by atomic mass is 9.82. The van der Waals surface area contributed by atoms with Crippen molar-refractivity contribution in [3.05, 3.63) is 222 Å². The fourth-order valence-electron chi connectivity index (χ4n) is 10.2. The molecule has 0 aliphatic heterocycles. The van der Waals surface area contributed by atoms with Crippen molar-refractivity contribution in [3.63, 3.8) is 0 Å². The lowest BCUT2D eigenvalue weighted by Crippen LogP contribution is -2.18. The first kappa shape index (κ1) is 35.2. The quantitative estimate of drug-likeness (QED) is 0.163. The van der Waals surface area contributed by atoms with Crippen molar-refractivity contribution in [1.82, 2.24) is 0 Å². The maximum Gasteiger partial charge on any atom is 0.0465 e. The summed E-state index contributed by atoms with van der Waals surface area (Å²) in [6.07, 6.45) is 0. The molecule has 9 aromatic rings. The van der Waals surface area contributed by atoms with Crippen LogP contribution in [0.3, 0.4) is 0 Å². The molecule has 11 rings (SSSR count). The third-order valence-corrected chi connectivity index (χ3v) is 13.3. The van der Waals surface area contributed by atoms with Crippen LogP contribution in [0.4, 0.5) is 17.1 Å². The van der Waals surface area contributed by atoms with E-state index in [1.54, 1.807) is 0 Å². The predicted molar refractivity (Wildman–Crippen MR) is 250 cm³/mol. The molecule has 0 heterocycles. The Labute approximate surface area is 347 Å². The molecule has 0 bridgehead atoms. The summed E-state index contributed by atoms with van der Waals surface area (Å²) in [6.45, 7) is 9.47. The molecule has 0 saturated heterocycles. The molecule has 0 saturated carbocycles. The van der Waals surface area contributed by atoms with Gasteiger partial charge in [0.2, 0.25) is 0 Å². The van der Waals surface area contributed by atoms with Crippen LogP contribution in [0.1, 0.15) is 49.9 Å². The summed E-state index contributed by atoms with van der Waals surface area (Å²) in [7, 11) is 0. The molecule has 0 radical (unpaired) electrons. The van der Waals surface area contributed by atoms with Crippen molar-refractivity contribution in [1.29, 1.82) is 0 Å². The molecule has 0 fully saturated rings. The third kappa shape index (κ3) is 5.53. The Morgan fingerprint density at radius 1 is 0.305 bits per heavy atom. The van der Waals surface area contributed by atoms with E-state index in [-0.39, 0.29) is 10.8 Å². The number of nitrogens with zero attached hydrogens (tertiary/aromatic N) is 1. The molecular formula is C58H45N. The van der Waals surface area contributed by atoms with Crippen LogP contribution in [-0.4, -0.2) is 0 Å². The highest BCUT2D eigenvalue weighted by molar-refractivity contribution is 6.04. The molecular weight excluding hydrogens is 711 g/mol. The van der Waals surface area contributed by atoms with Crippen LogP contribution < -0.4 is 4.90 Å². The molecule has 59 heavy (non-hydrogen) atoms. The fraction of sp³-hybridized carbons (Fsp3) is 0.103. The van der Waals surface area contributed by atoms with E-state index in [0.29, 0.717) is 0 Å². The minimum atomic E-state index is -0.106. The van der Waals surface area contributed by atoms with Crippen LogP contribution in [0, 0.1) is 0 Å². The summed E-state index contributed by atoms with van der Waals surface area (Å²) in [4.78, 5) is 2.46. The molecule has 2 aliphatic carbocycles. The fourth-order valence-corrected chi connectivity index (χ4v) is 10.2. The SMILES string of the molecule is CC1(C)c2ccccc2-c2ccc(N(c3ccc(-c4ccc5ccccc5c4-c4ccc(-c5ccccc5)cc4)cc3)c3ccc4c(c3)C(C)(C)c3ccccc3-4)cc21. The van der Waals surface area contributed by atoms with E-state index in [1.165, 1.54) is 88.7 Å². The zero-order valence-electron chi connectivity index (χ0n) is 34.0. The lowest BCUT2D eigenvalue weighted by Gasteiger charge is -2.30. The Bertz CT molecular complexity index is 2970. The summed E-state index contributed by atoms with van der Waals surface area (Å²) < 4.78 is 0. The minimum Gasteiger partial charge on any atom is -0.310 e. The Hall–Kier alpha value is -6.96. The standard InChI is InChI=1S/C58H45N/c1-57(2)52-20-12-10-18-48(52)50-34-31-44(36-54(50)57)59(45-32-35-51-49-19-11-13-21-53(49)58(3,4)55(51)37-45)43-29-26-41(27-30-43)47-33-28-40-16-8-9-17-46(40)56(47)42-24-22-39(23-25-42)38-14-6-5-7-15-38/h5-37H,1-4H3. The second-order valence-corrected chi connectivity index (χ2v) is 17.3. The van der Waals surface area contributed by atoms with E-state index in [4.69, 9.17) is 0 Å². The Morgan fingerprint density at radius 3 is 1.36 bits per heavy atom. The maximum atomic E-state index is 2.46. The number of hydrogen-bond acceptors (Lipinski definition) is 1. The molecule has 2 aliphatic rings. The van der Waals surface area contributed by atoms with E-state index in [0.717, 1.165) is 17.1 Å². The van der Waals surface area contributed by atoms with Crippen LogP contribution in [0.15, 0.2) is 200 Å². The first-order valence-electron chi connectivity index (χ1n) is 20.8. The van der Waals surface area contributed by atoms with Crippen LogP contribution in [0.25, 0.3) is 66.4 Å². The molecule has 0 spiro atoms. The van der Waals surface area contributed by atoms with E-state index < -0.39 is 0 Å². The second kappa shape index (κ2) is 13.3. The monoisotopic (exact) mass is 755 g/mol. The zero-order chi connectivity index (χ0) is 39.9. The molecule has 1 heteroatoms. The largest absolute Gasteiger partial charge is 0.310 e. The minimum absolute atomic E-state index is 0.106. The average molecular weight is 756 g/mol. The smallest absolute Gasteiger partial charge is 0.0465 e. The van der Waals surface area contributed by atoms with Crippen molar-refractivity contribution in [2.45, 2.75) is 38.5 Å². The topological polar surface area (TPSA) is 3.24 Å². The van der Waals surface area contributed by atoms with E-state index in [1.807, 2.05) is 0 Å². The van der Waals surface area contributed by atoms with Crippen molar-refractivity contribution in [3.8, 4) is 55.6 Å². The van der Waals surface area contributed by atoms with Gasteiger partial charge in [0, 0.05) is 27.9 Å². The third-order valence-electron chi connectivity index (χ3n) is 13.3. The molecule has 0 unspecified atom stereocenters. The molecule has 0 amide bonds. The van der Waals surface area contributed by atoms with Gasteiger partial charge >= 0.3 is 0 Å². The summed E-state index contributed by atoms with van der Waals surface area (Å²) in [5, 5.41) is 2.50. The summed E-state index contributed by atoms with van der Waals surface area (Å²) in [5.74, 6) is 0. The molecule has 282 valence electrons. The van der Waals surface area contributed by atoms with Gasteiger partial charge in [0.25, 0.3) is 0 Å². The summed E-state index contributed by atoms with van der Waals surface area (Å²) in [5.41, 5.74) is 21.4. The highest BCUT2D eigenvalue weighted by atomic mass is 15.1. The van der Waals surface area contributed by atoms with Gasteiger partial charge in [-0.3, -0.25) is 0 Å². The van der Waals surface area contributed by atoms with Crippen LogP contribution in [-0.2, 0) is 10.8 Å². The Morgan fingerprint density at radius 2 is 0.746 bits per heavy atom. The first-order valence-corrected chi connectivity index (χ1v) is 20.8. The van der Waals surface area contributed by atoms with Gasteiger partial charge in [-0.1, -0.05) is 191 Å². The van der Waals surface area contributed by atoms with Gasteiger partial charge in [-0.2, -0.15) is 0 Å². The zero-order valence-corrected chi connectivity index (χ0v) is 34.0. The number of rotatable bonds is 6. The summed E-state index contributed by atoms with van der Waals surface area (Å²) in [6, 6.07) is 74.3. The molecule has 0 aromatic heterocycles. The first-order chi connectivity index (χ1) is 28.8. The van der Waals surface area contributed by atoms with Gasteiger partial charge in [0.15, 0.2) is 0 Å². The van der Waals surface area contributed by atoms with E-state index >= 15 is 0 Å². The highest BCUT2D eigenvalue weighted by Gasteiger charge is 2.37. The maximum absolute atomic E-state index is 2.46. The lowest BCUT2D eigenvalue weighted by molar-refractivity contribution is 0.660. The van der Waals surface area contributed by atoms with E-state index in [2.05, 4.69) is 233 Å². The van der Waals surface area contributed by atoms with Gasteiger partial charge in [0.05, 0.1) is 0 Å². The average Bonchev–Trinajstić information content (AvgIpc) is 3.65.